The van der Waals surface area contributed by atoms with Crippen LogP contribution in [0.1, 0.15) is 44.1 Å². The largest absolute Gasteiger partial charge is 0.416 e. The maximum atomic E-state index is 12.9. The molecule has 1 saturated heterocycles. The Hall–Kier alpha value is -2.58. The molecule has 5 rings (SSSR count). The van der Waals surface area contributed by atoms with E-state index >= 15 is 0 Å². The molecule has 2 fully saturated rings. The zero-order valence-corrected chi connectivity index (χ0v) is 20.4. The molecule has 2 aromatic carbocycles. The Morgan fingerprint density at radius 2 is 1.63 bits per heavy atom. The van der Waals surface area contributed by atoms with Gasteiger partial charge < -0.3 is 15.5 Å². The number of hydrogen-bond acceptors (Lipinski definition) is 5. The van der Waals surface area contributed by atoms with Gasteiger partial charge in [0.25, 0.3) is 0 Å². The topological polar surface area (TPSA) is 40.2 Å². The molecule has 0 spiro atoms. The van der Waals surface area contributed by atoms with Crippen LogP contribution in [0.25, 0.3) is 10.4 Å². The molecule has 186 valence electrons. The summed E-state index contributed by atoms with van der Waals surface area (Å²) in [6.07, 6.45) is 4.38. The lowest BCUT2D eigenvalue weighted by Crippen LogP contribution is -2.54. The number of alkyl halides is 3. The fraction of sp³-hybridized carbons (Fsp3) is 0.444. The standard InChI is InChI=1S/C27H31F3N4S/c28-27(29,30)20-12-14-22(15-13-20)34-16-6-9-21(18-34)32-23-10-4-5-11-24(23)33-26-31-17-25(35-26)19-7-2-1-3-8-19/h1-3,7-8,12-15,17,21,23-24,32H,4-6,9-11,16,18H2,(H,31,33). The van der Waals surface area contributed by atoms with Crippen molar-refractivity contribution in [2.45, 2.75) is 62.8 Å². The van der Waals surface area contributed by atoms with Crippen LogP contribution in [-0.4, -0.2) is 36.2 Å². The van der Waals surface area contributed by atoms with Gasteiger partial charge in [-0.15, -0.1) is 0 Å². The third kappa shape index (κ3) is 5.98. The van der Waals surface area contributed by atoms with Crippen molar-refractivity contribution in [3.63, 3.8) is 0 Å². The lowest BCUT2D eigenvalue weighted by molar-refractivity contribution is -0.137. The first-order valence-electron chi connectivity index (χ1n) is 12.4. The number of rotatable bonds is 6. The molecule has 2 N–H and O–H groups in total. The second kappa shape index (κ2) is 10.6. The average Bonchev–Trinajstić information content (AvgIpc) is 3.34. The SMILES string of the molecule is FC(F)(F)c1ccc(N2CCCC(NC3CCCCC3Nc3ncc(-c4ccccc4)s3)C2)cc1. The molecule has 2 aliphatic rings. The Bertz CT molecular complexity index is 1080. The number of anilines is 2. The number of thiazole rings is 1. The van der Waals surface area contributed by atoms with E-state index in [0.29, 0.717) is 18.1 Å². The van der Waals surface area contributed by atoms with Crippen LogP contribution in [0.15, 0.2) is 60.8 Å². The number of halogens is 3. The molecule has 3 aromatic rings. The van der Waals surface area contributed by atoms with Crippen molar-refractivity contribution in [2.75, 3.05) is 23.3 Å². The Labute approximate surface area is 208 Å². The zero-order chi connectivity index (χ0) is 24.3. The van der Waals surface area contributed by atoms with Crippen molar-refractivity contribution in [1.82, 2.24) is 10.3 Å². The quantitative estimate of drug-likeness (QED) is 0.390. The Morgan fingerprint density at radius 1 is 0.886 bits per heavy atom. The predicted octanol–water partition coefficient (Wildman–Crippen LogP) is 6.81. The van der Waals surface area contributed by atoms with Gasteiger partial charge in [0, 0.05) is 43.1 Å². The van der Waals surface area contributed by atoms with Crippen molar-refractivity contribution in [2.24, 2.45) is 0 Å². The molecular weight excluding hydrogens is 469 g/mol. The zero-order valence-electron chi connectivity index (χ0n) is 19.6. The molecule has 35 heavy (non-hydrogen) atoms. The molecule has 1 saturated carbocycles. The first kappa shape index (κ1) is 24.1. The maximum Gasteiger partial charge on any atom is 0.416 e. The van der Waals surface area contributed by atoms with Gasteiger partial charge in [0.1, 0.15) is 0 Å². The van der Waals surface area contributed by atoms with E-state index in [1.807, 2.05) is 24.4 Å². The fourth-order valence-corrected chi connectivity index (χ4v) is 6.13. The van der Waals surface area contributed by atoms with Gasteiger partial charge in [-0.05, 0) is 55.5 Å². The predicted molar refractivity (Wildman–Crippen MR) is 137 cm³/mol. The van der Waals surface area contributed by atoms with Crippen LogP contribution < -0.4 is 15.5 Å². The third-order valence-electron chi connectivity index (χ3n) is 7.07. The molecule has 3 atom stereocenters. The molecule has 0 amide bonds. The number of benzene rings is 2. The highest BCUT2D eigenvalue weighted by Gasteiger charge is 2.32. The average molecular weight is 501 g/mol. The molecule has 8 heteroatoms. The number of nitrogens with zero attached hydrogens (tertiary/aromatic N) is 2. The summed E-state index contributed by atoms with van der Waals surface area (Å²) in [6.45, 7) is 1.68. The van der Waals surface area contributed by atoms with E-state index in [2.05, 4.69) is 32.7 Å². The first-order chi connectivity index (χ1) is 17.0. The monoisotopic (exact) mass is 500 g/mol. The van der Waals surface area contributed by atoms with E-state index in [9.17, 15) is 13.2 Å². The first-order valence-corrected chi connectivity index (χ1v) is 13.2. The van der Waals surface area contributed by atoms with Gasteiger partial charge in [0.2, 0.25) is 0 Å². The Kier molecular flexibility index (Phi) is 7.29. The molecule has 1 aliphatic carbocycles. The summed E-state index contributed by atoms with van der Waals surface area (Å²) in [7, 11) is 0. The molecule has 0 bridgehead atoms. The Morgan fingerprint density at radius 3 is 2.37 bits per heavy atom. The third-order valence-corrected chi connectivity index (χ3v) is 8.05. The molecule has 2 heterocycles. The van der Waals surface area contributed by atoms with Crippen LogP contribution in [-0.2, 0) is 6.18 Å². The highest BCUT2D eigenvalue weighted by molar-refractivity contribution is 7.18. The van der Waals surface area contributed by atoms with Crippen molar-refractivity contribution in [1.29, 1.82) is 0 Å². The van der Waals surface area contributed by atoms with Crippen molar-refractivity contribution in [3.8, 4) is 10.4 Å². The van der Waals surface area contributed by atoms with Crippen LogP contribution >= 0.6 is 11.3 Å². The van der Waals surface area contributed by atoms with Crippen LogP contribution in [0.3, 0.4) is 0 Å². The molecular formula is C27H31F3N4S. The summed E-state index contributed by atoms with van der Waals surface area (Å²) < 4.78 is 38.8. The Balaban J connectivity index is 1.21. The summed E-state index contributed by atoms with van der Waals surface area (Å²) >= 11 is 1.69. The van der Waals surface area contributed by atoms with E-state index in [-0.39, 0.29) is 0 Å². The van der Waals surface area contributed by atoms with Crippen molar-refractivity contribution >= 4 is 22.2 Å². The number of aromatic nitrogens is 1. The van der Waals surface area contributed by atoms with Crippen LogP contribution in [0, 0.1) is 0 Å². The maximum absolute atomic E-state index is 12.9. The van der Waals surface area contributed by atoms with Gasteiger partial charge in [-0.3, -0.25) is 0 Å². The van der Waals surface area contributed by atoms with E-state index in [1.165, 1.54) is 30.5 Å². The van der Waals surface area contributed by atoms with Crippen LogP contribution in [0.4, 0.5) is 24.0 Å². The summed E-state index contributed by atoms with van der Waals surface area (Å²) in [4.78, 5) is 8.00. The second-order valence-corrected chi connectivity index (χ2v) is 10.6. The number of hydrogen-bond donors (Lipinski definition) is 2. The van der Waals surface area contributed by atoms with Gasteiger partial charge >= 0.3 is 6.18 Å². The fourth-order valence-electron chi connectivity index (χ4n) is 5.25. The second-order valence-electron chi connectivity index (χ2n) is 9.53. The van der Waals surface area contributed by atoms with E-state index in [1.54, 1.807) is 23.5 Å². The van der Waals surface area contributed by atoms with E-state index in [4.69, 9.17) is 0 Å². The lowest BCUT2D eigenvalue weighted by atomic mass is 9.89. The summed E-state index contributed by atoms with van der Waals surface area (Å²) in [6, 6.07) is 16.9. The van der Waals surface area contributed by atoms with Crippen molar-refractivity contribution in [3.05, 3.63) is 66.4 Å². The van der Waals surface area contributed by atoms with E-state index < -0.39 is 11.7 Å². The minimum atomic E-state index is -4.30. The number of nitrogens with one attached hydrogen (secondary N) is 2. The molecule has 0 radical (unpaired) electrons. The molecule has 1 aliphatic heterocycles. The van der Waals surface area contributed by atoms with Crippen molar-refractivity contribution < 1.29 is 13.2 Å². The van der Waals surface area contributed by atoms with Gasteiger partial charge in [0.05, 0.1) is 10.4 Å². The lowest BCUT2D eigenvalue weighted by Gasteiger charge is -2.40. The highest BCUT2D eigenvalue weighted by Crippen LogP contribution is 2.33. The number of piperidine rings is 1. The van der Waals surface area contributed by atoms with Gasteiger partial charge in [-0.1, -0.05) is 54.5 Å². The van der Waals surface area contributed by atoms with Crippen LogP contribution in [0.5, 0.6) is 0 Å². The minimum Gasteiger partial charge on any atom is -0.370 e. The smallest absolute Gasteiger partial charge is 0.370 e. The summed E-state index contributed by atoms with van der Waals surface area (Å²) in [5, 5.41) is 8.55. The normalized spacial score (nSPS) is 23.3. The van der Waals surface area contributed by atoms with Gasteiger partial charge in [-0.2, -0.15) is 13.2 Å². The molecule has 3 unspecified atom stereocenters. The molecule has 1 aromatic heterocycles. The van der Waals surface area contributed by atoms with E-state index in [0.717, 1.165) is 54.5 Å². The van der Waals surface area contributed by atoms with Gasteiger partial charge in [-0.25, -0.2) is 4.98 Å². The summed E-state index contributed by atoms with van der Waals surface area (Å²) in [5.41, 5.74) is 1.45. The van der Waals surface area contributed by atoms with Gasteiger partial charge in [0.15, 0.2) is 5.13 Å². The molecule has 4 nitrogen and oxygen atoms in total. The highest BCUT2D eigenvalue weighted by atomic mass is 32.1. The van der Waals surface area contributed by atoms with Crippen LogP contribution in [0.2, 0.25) is 0 Å². The minimum absolute atomic E-state index is 0.314. The summed E-state index contributed by atoms with van der Waals surface area (Å²) in [5.74, 6) is 0.